The molecule has 0 saturated heterocycles. The molecule has 0 bridgehead atoms. The van der Waals surface area contributed by atoms with Gasteiger partial charge in [0.2, 0.25) is 19.7 Å². The molecule has 39 heavy (non-hydrogen) atoms. The highest BCUT2D eigenvalue weighted by atomic mass is 127. The molecule has 0 atom stereocenters. The second kappa shape index (κ2) is 10.8. The first-order valence-corrected chi connectivity index (χ1v) is 17.8. The maximum Gasteiger partial charge on any atom is 0.200 e. The molecule has 12 nitrogen and oxygen atoms in total. The van der Waals surface area contributed by atoms with Crippen LogP contribution in [0.25, 0.3) is 0 Å². The Hall–Kier alpha value is -1.28. The van der Waals surface area contributed by atoms with Crippen molar-refractivity contribution in [3.8, 4) is 0 Å². The van der Waals surface area contributed by atoms with E-state index in [1.54, 1.807) is 37.1 Å². The Kier molecular flexibility index (Phi) is 8.53. The highest BCUT2D eigenvalue weighted by molar-refractivity contribution is 14.1. The Morgan fingerprint density at radius 1 is 0.744 bits per heavy atom. The molecule has 4 heterocycles. The third-order valence-corrected chi connectivity index (χ3v) is 12.3. The van der Waals surface area contributed by atoms with E-state index in [-0.39, 0.29) is 34.4 Å². The van der Waals surface area contributed by atoms with Crippen molar-refractivity contribution in [3.63, 3.8) is 0 Å². The number of aromatic nitrogens is 4. The number of aryl methyl sites for hydroxylation is 4. The standard InChI is InChI=1S/C23H32I2N6O6S2/c1-14-20(24)16(12-38(32,33)18-10-22(3,4)36-28-18)30(26-14)8-7-9-31-17(21(25)15(2)27-31)13-39(34,35)19-11-23(5,6)37-29-19/h7-13H2,1-6H3. The molecular formula is C23H32I2N6O6S2. The van der Waals surface area contributed by atoms with Gasteiger partial charge in [-0.3, -0.25) is 9.36 Å². The highest BCUT2D eigenvalue weighted by Gasteiger charge is 2.38. The lowest BCUT2D eigenvalue weighted by molar-refractivity contribution is 0.0120. The molecule has 16 heteroatoms. The normalized spacial score (nSPS) is 18.6. The predicted molar refractivity (Wildman–Crippen MR) is 164 cm³/mol. The predicted octanol–water partition coefficient (Wildman–Crippen LogP) is 3.85. The number of hydrogen-bond donors (Lipinski definition) is 0. The van der Waals surface area contributed by atoms with Crippen molar-refractivity contribution in [3.05, 3.63) is 29.9 Å². The summed E-state index contributed by atoms with van der Waals surface area (Å²) in [5, 5.41) is 16.9. The smallest absolute Gasteiger partial charge is 0.200 e. The maximum absolute atomic E-state index is 13.1. The van der Waals surface area contributed by atoms with Crippen molar-refractivity contribution >= 4 is 74.9 Å². The molecule has 0 aromatic carbocycles. The molecule has 0 radical (unpaired) electrons. The summed E-state index contributed by atoms with van der Waals surface area (Å²) < 4.78 is 57.5. The van der Waals surface area contributed by atoms with E-state index in [2.05, 4.69) is 65.7 Å². The number of oxime groups is 2. The van der Waals surface area contributed by atoms with Gasteiger partial charge in [-0.15, -0.1) is 0 Å². The molecule has 2 aromatic heterocycles. The van der Waals surface area contributed by atoms with E-state index in [1.165, 1.54) is 0 Å². The second-order valence-corrected chi connectivity index (χ2v) is 17.2. The first kappa shape index (κ1) is 30.7. The number of sulfone groups is 2. The Labute approximate surface area is 256 Å². The van der Waals surface area contributed by atoms with Crippen LogP contribution < -0.4 is 0 Å². The SMILES string of the molecule is Cc1nn(CCCn2nc(C)c(I)c2CS(=O)(=O)C2=NOC(C)(C)C2)c(CS(=O)(=O)C2=NOC(C)(C)C2)c1I. The van der Waals surface area contributed by atoms with E-state index >= 15 is 0 Å². The molecule has 0 saturated carbocycles. The maximum atomic E-state index is 13.1. The van der Waals surface area contributed by atoms with Crippen LogP contribution in [0, 0.1) is 21.0 Å². The van der Waals surface area contributed by atoms with Crippen LogP contribution >= 0.6 is 45.2 Å². The Morgan fingerprint density at radius 2 is 1.10 bits per heavy atom. The molecule has 0 N–H and O–H groups in total. The van der Waals surface area contributed by atoms with E-state index in [1.807, 2.05) is 13.8 Å². The average Bonchev–Trinajstić information content (AvgIpc) is 3.52. The molecule has 216 valence electrons. The summed E-state index contributed by atoms with van der Waals surface area (Å²) in [6, 6.07) is 0. The first-order valence-electron chi connectivity index (χ1n) is 12.3. The van der Waals surface area contributed by atoms with Crippen molar-refractivity contribution in [1.29, 1.82) is 0 Å². The van der Waals surface area contributed by atoms with Gasteiger partial charge < -0.3 is 9.68 Å². The van der Waals surface area contributed by atoms with Gasteiger partial charge in [-0.25, -0.2) is 16.8 Å². The molecule has 0 fully saturated rings. The van der Waals surface area contributed by atoms with Crippen molar-refractivity contribution in [1.82, 2.24) is 19.6 Å². The summed E-state index contributed by atoms with van der Waals surface area (Å²) in [6.07, 6.45) is 0.999. The van der Waals surface area contributed by atoms with Gasteiger partial charge in [0.1, 0.15) is 11.2 Å². The molecule has 0 aliphatic carbocycles. The molecule has 0 amide bonds. The number of halogens is 2. The van der Waals surface area contributed by atoms with E-state index in [4.69, 9.17) is 9.68 Å². The molecule has 0 spiro atoms. The van der Waals surface area contributed by atoms with Gasteiger partial charge in [0, 0.05) is 25.9 Å². The Balaban J connectivity index is 1.49. The summed E-state index contributed by atoms with van der Waals surface area (Å²) in [4.78, 5) is 10.5. The van der Waals surface area contributed by atoms with Crippen LogP contribution in [0.1, 0.15) is 69.7 Å². The summed E-state index contributed by atoms with van der Waals surface area (Å²) in [5.41, 5.74) is 1.37. The van der Waals surface area contributed by atoms with Crippen molar-refractivity contribution in [2.24, 2.45) is 10.3 Å². The zero-order chi connectivity index (χ0) is 29.0. The van der Waals surface area contributed by atoms with Gasteiger partial charge in [0.25, 0.3) is 0 Å². The van der Waals surface area contributed by atoms with Crippen LogP contribution in [0.4, 0.5) is 0 Å². The van der Waals surface area contributed by atoms with Gasteiger partial charge in [0.15, 0.2) is 10.1 Å². The van der Waals surface area contributed by atoms with Crippen LogP contribution in [-0.2, 0) is 53.9 Å². The summed E-state index contributed by atoms with van der Waals surface area (Å²) in [7, 11) is -7.37. The summed E-state index contributed by atoms with van der Waals surface area (Å²) in [6.45, 7) is 11.7. The van der Waals surface area contributed by atoms with E-state index in [0.29, 0.717) is 30.9 Å². The fraction of sp³-hybridized carbons (Fsp3) is 0.652. The summed E-state index contributed by atoms with van der Waals surface area (Å²) >= 11 is 4.24. The van der Waals surface area contributed by atoms with Gasteiger partial charge >= 0.3 is 0 Å². The van der Waals surface area contributed by atoms with Crippen molar-refractivity contribution < 1.29 is 26.5 Å². The quantitative estimate of drug-likeness (QED) is 0.366. The number of hydrogen-bond acceptors (Lipinski definition) is 10. The number of nitrogens with zero attached hydrogens (tertiary/aromatic N) is 6. The minimum Gasteiger partial charge on any atom is -0.389 e. The molecule has 4 rings (SSSR count). The third-order valence-electron chi connectivity index (χ3n) is 6.36. The topological polar surface area (TPSA) is 147 Å². The molecule has 2 aliphatic heterocycles. The first-order chi connectivity index (χ1) is 17.9. The van der Waals surface area contributed by atoms with Crippen LogP contribution in [-0.4, -0.2) is 57.7 Å². The Morgan fingerprint density at radius 3 is 1.41 bits per heavy atom. The van der Waals surface area contributed by atoms with Crippen LogP contribution in [0.3, 0.4) is 0 Å². The average molecular weight is 806 g/mol. The van der Waals surface area contributed by atoms with Crippen LogP contribution in [0.15, 0.2) is 10.3 Å². The second-order valence-electron chi connectivity index (χ2n) is 11.0. The van der Waals surface area contributed by atoms with Gasteiger partial charge in [-0.1, -0.05) is 10.3 Å². The van der Waals surface area contributed by atoms with Crippen molar-refractivity contribution in [2.45, 2.75) is 96.6 Å². The third kappa shape index (κ3) is 6.79. The fourth-order valence-corrected chi connectivity index (χ4v) is 9.05. The van der Waals surface area contributed by atoms with Gasteiger partial charge in [0.05, 0.1) is 41.4 Å². The van der Waals surface area contributed by atoms with Crippen molar-refractivity contribution in [2.75, 3.05) is 0 Å². The Bertz CT molecular complexity index is 1460. The van der Waals surface area contributed by atoms with E-state index in [0.717, 1.165) is 18.5 Å². The molecular weight excluding hydrogens is 774 g/mol. The largest absolute Gasteiger partial charge is 0.389 e. The zero-order valence-electron chi connectivity index (χ0n) is 22.7. The molecule has 0 unspecified atom stereocenters. The van der Waals surface area contributed by atoms with E-state index in [9.17, 15) is 16.8 Å². The lowest BCUT2D eigenvalue weighted by Crippen LogP contribution is -2.24. The molecule has 2 aromatic rings. The fourth-order valence-electron chi connectivity index (χ4n) is 4.30. The zero-order valence-corrected chi connectivity index (χ0v) is 28.6. The van der Waals surface area contributed by atoms with Crippen LogP contribution in [0.5, 0.6) is 0 Å². The van der Waals surface area contributed by atoms with Crippen LogP contribution in [0.2, 0.25) is 0 Å². The lowest BCUT2D eigenvalue weighted by atomic mass is 10.1. The van der Waals surface area contributed by atoms with Gasteiger partial charge in [-0.2, -0.15) is 10.2 Å². The lowest BCUT2D eigenvalue weighted by Gasteiger charge is -2.14. The minimum atomic E-state index is -3.69. The van der Waals surface area contributed by atoms with E-state index < -0.39 is 30.9 Å². The minimum absolute atomic E-state index is 0.0433. The summed E-state index contributed by atoms with van der Waals surface area (Å²) in [5.74, 6) is -0.458. The monoisotopic (exact) mass is 806 g/mol. The highest BCUT2D eigenvalue weighted by Crippen LogP contribution is 2.29. The number of rotatable bonds is 8. The molecule has 2 aliphatic rings. The van der Waals surface area contributed by atoms with Gasteiger partial charge in [-0.05, 0) is 93.1 Å².